The first-order chi connectivity index (χ1) is 7.88. The summed E-state index contributed by atoms with van der Waals surface area (Å²) in [7, 11) is -3.98. The average molecular weight is 262 g/mol. The SMILES string of the molecule is CCONS(=O)(=O)c1ccc(O)c([N+](=O)[O-])c1. The molecule has 1 rings (SSSR count). The number of nitrogens with zero attached hydrogens (tertiary/aromatic N) is 1. The highest BCUT2D eigenvalue weighted by molar-refractivity contribution is 7.89. The summed E-state index contributed by atoms with van der Waals surface area (Å²) in [6, 6.07) is 2.71. The van der Waals surface area contributed by atoms with Gasteiger partial charge in [0, 0.05) is 6.07 Å². The van der Waals surface area contributed by atoms with Crippen LogP contribution < -0.4 is 4.89 Å². The first-order valence-electron chi connectivity index (χ1n) is 4.49. The molecular formula is C8H10N2O6S. The number of sulfonamides is 1. The van der Waals surface area contributed by atoms with Crippen LogP contribution in [0, 0.1) is 10.1 Å². The molecule has 17 heavy (non-hydrogen) atoms. The smallest absolute Gasteiger partial charge is 0.312 e. The van der Waals surface area contributed by atoms with Gasteiger partial charge in [-0.05, 0) is 19.1 Å². The Morgan fingerprint density at radius 3 is 2.71 bits per heavy atom. The van der Waals surface area contributed by atoms with E-state index in [1.165, 1.54) is 0 Å². The fraction of sp³-hybridized carbons (Fsp3) is 0.250. The Bertz CT molecular complexity index is 527. The Labute approximate surface area is 97.0 Å². The summed E-state index contributed by atoms with van der Waals surface area (Å²) >= 11 is 0. The van der Waals surface area contributed by atoms with Crippen LogP contribution in [0.2, 0.25) is 0 Å². The second-order valence-corrected chi connectivity index (χ2v) is 4.57. The molecule has 0 bridgehead atoms. The number of rotatable bonds is 5. The second kappa shape index (κ2) is 5.08. The maximum Gasteiger partial charge on any atom is 0.312 e. The number of benzene rings is 1. The van der Waals surface area contributed by atoms with E-state index in [2.05, 4.69) is 4.84 Å². The number of nitro groups is 1. The Kier molecular flexibility index (Phi) is 3.99. The van der Waals surface area contributed by atoms with Gasteiger partial charge in [0.25, 0.3) is 10.0 Å². The van der Waals surface area contributed by atoms with Gasteiger partial charge in [0.2, 0.25) is 0 Å². The van der Waals surface area contributed by atoms with E-state index in [4.69, 9.17) is 5.11 Å². The molecule has 0 spiro atoms. The molecule has 0 aliphatic carbocycles. The van der Waals surface area contributed by atoms with Gasteiger partial charge in [0.05, 0.1) is 16.4 Å². The van der Waals surface area contributed by atoms with Gasteiger partial charge in [0.1, 0.15) is 0 Å². The lowest BCUT2D eigenvalue weighted by atomic mass is 10.3. The molecule has 0 fully saturated rings. The summed E-state index contributed by atoms with van der Waals surface area (Å²) < 4.78 is 23.1. The minimum Gasteiger partial charge on any atom is -0.502 e. The lowest BCUT2D eigenvalue weighted by Gasteiger charge is -2.05. The molecule has 0 aliphatic heterocycles. The monoisotopic (exact) mass is 262 g/mol. The normalized spacial score (nSPS) is 11.4. The number of phenolic OH excluding ortho intramolecular Hbond substituents is 1. The van der Waals surface area contributed by atoms with Gasteiger partial charge in [-0.15, -0.1) is 0 Å². The van der Waals surface area contributed by atoms with Crippen molar-refractivity contribution in [2.75, 3.05) is 6.61 Å². The Morgan fingerprint density at radius 1 is 1.53 bits per heavy atom. The van der Waals surface area contributed by atoms with Crippen molar-refractivity contribution in [1.29, 1.82) is 0 Å². The summed E-state index contributed by atoms with van der Waals surface area (Å²) in [6.07, 6.45) is 0. The van der Waals surface area contributed by atoms with Crippen LogP contribution in [0.1, 0.15) is 6.92 Å². The minimum atomic E-state index is -3.98. The van der Waals surface area contributed by atoms with E-state index < -0.39 is 26.4 Å². The van der Waals surface area contributed by atoms with Crippen molar-refractivity contribution in [1.82, 2.24) is 4.89 Å². The quantitative estimate of drug-likeness (QED) is 0.590. The van der Waals surface area contributed by atoms with Crippen molar-refractivity contribution in [3.8, 4) is 5.75 Å². The Balaban J connectivity index is 3.16. The number of nitro benzene ring substituents is 1. The van der Waals surface area contributed by atoms with Crippen LogP contribution in [0.15, 0.2) is 23.1 Å². The number of hydrogen-bond donors (Lipinski definition) is 2. The molecule has 0 saturated carbocycles. The van der Waals surface area contributed by atoms with Crippen LogP contribution in [0.3, 0.4) is 0 Å². The second-order valence-electron chi connectivity index (χ2n) is 2.93. The average Bonchev–Trinajstić information content (AvgIpc) is 2.26. The van der Waals surface area contributed by atoms with Gasteiger partial charge >= 0.3 is 5.69 Å². The van der Waals surface area contributed by atoms with Gasteiger partial charge < -0.3 is 5.11 Å². The lowest BCUT2D eigenvalue weighted by molar-refractivity contribution is -0.386. The van der Waals surface area contributed by atoms with Crippen molar-refractivity contribution in [2.24, 2.45) is 0 Å². The van der Waals surface area contributed by atoms with Gasteiger partial charge in [-0.3, -0.25) is 15.0 Å². The molecule has 2 N–H and O–H groups in total. The van der Waals surface area contributed by atoms with Gasteiger partial charge in [-0.25, -0.2) is 8.42 Å². The van der Waals surface area contributed by atoms with Crippen LogP contribution in [-0.2, 0) is 14.9 Å². The molecule has 94 valence electrons. The molecule has 0 heterocycles. The van der Waals surface area contributed by atoms with Gasteiger partial charge in [0.15, 0.2) is 5.75 Å². The van der Waals surface area contributed by atoms with E-state index in [0.29, 0.717) is 0 Å². The molecule has 0 unspecified atom stereocenters. The zero-order valence-electron chi connectivity index (χ0n) is 8.78. The highest BCUT2D eigenvalue weighted by Gasteiger charge is 2.21. The summed E-state index contributed by atoms with van der Waals surface area (Å²) in [5.74, 6) is -0.606. The molecule has 0 saturated heterocycles. The fourth-order valence-corrected chi connectivity index (χ4v) is 1.88. The number of nitrogens with one attached hydrogen (secondary N) is 1. The third-order valence-corrected chi connectivity index (χ3v) is 2.98. The topological polar surface area (TPSA) is 119 Å². The van der Waals surface area contributed by atoms with Crippen LogP contribution in [-0.4, -0.2) is 25.1 Å². The Morgan fingerprint density at radius 2 is 2.18 bits per heavy atom. The first-order valence-corrected chi connectivity index (χ1v) is 5.98. The molecule has 0 aliphatic rings. The number of aromatic hydroxyl groups is 1. The largest absolute Gasteiger partial charge is 0.502 e. The van der Waals surface area contributed by atoms with E-state index in [-0.39, 0.29) is 11.5 Å². The molecular weight excluding hydrogens is 252 g/mol. The molecule has 1 aromatic rings. The van der Waals surface area contributed by atoms with E-state index in [1.807, 2.05) is 0 Å². The maximum atomic E-state index is 11.5. The van der Waals surface area contributed by atoms with Crippen LogP contribution in [0.5, 0.6) is 5.75 Å². The zero-order chi connectivity index (χ0) is 13.1. The van der Waals surface area contributed by atoms with Crippen molar-refractivity contribution in [2.45, 2.75) is 11.8 Å². The van der Waals surface area contributed by atoms with Gasteiger partial charge in [-0.1, -0.05) is 4.89 Å². The summed E-state index contributed by atoms with van der Waals surface area (Å²) in [5.41, 5.74) is -0.690. The van der Waals surface area contributed by atoms with Crippen LogP contribution >= 0.6 is 0 Å². The predicted octanol–water partition coefficient (Wildman–Crippen LogP) is 0.530. The molecule has 0 atom stereocenters. The van der Waals surface area contributed by atoms with Crippen molar-refractivity contribution >= 4 is 15.7 Å². The highest BCUT2D eigenvalue weighted by atomic mass is 32.2. The van der Waals surface area contributed by atoms with Crippen LogP contribution in [0.25, 0.3) is 0 Å². The van der Waals surface area contributed by atoms with E-state index >= 15 is 0 Å². The van der Waals surface area contributed by atoms with Gasteiger partial charge in [-0.2, -0.15) is 0 Å². The third-order valence-electron chi connectivity index (χ3n) is 1.77. The molecule has 0 amide bonds. The summed E-state index contributed by atoms with van der Waals surface area (Å²) in [6.45, 7) is 1.68. The highest BCUT2D eigenvalue weighted by Crippen LogP contribution is 2.27. The van der Waals surface area contributed by atoms with Crippen molar-refractivity contribution in [3.63, 3.8) is 0 Å². The van der Waals surface area contributed by atoms with Crippen LogP contribution in [0.4, 0.5) is 5.69 Å². The predicted molar refractivity (Wildman–Crippen MR) is 56.7 cm³/mol. The number of phenols is 1. The Hall–Kier alpha value is -1.71. The molecule has 9 heteroatoms. The zero-order valence-corrected chi connectivity index (χ0v) is 9.60. The first kappa shape index (κ1) is 13.4. The van der Waals surface area contributed by atoms with Crippen molar-refractivity contribution in [3.05, 3.63) is 28.3 Å². The molecule has 0 aromatic heterocycles. The van der Waals surface area contributed by atoms with E-state index in [0.717, 1.165) is 18.2 Å². The summed E-state index contributed by atoms with van der Waals surface area (Å²) in [4.78, 5) is 15.6. The van der Waals surface area contributed by atoms with E-state index in [1.54, 1.807) is 11.8 Å². The minimum absolute atomic E-state index is 0.111. The lowest BCUT2D eigenvalue weighted by Crippen LogP contribution is -2.24. The molecule has 0 radical (unpaired) electrons. The molecule has 1 aromatic carbocycles. The van der Waals surface area contributed by atoms with Crippen molar-refractivity contribution < 1.29 is 23.3 Å². The molecule has 8 nitrogen and oxygen atoms in total. The maximum absolute atomic E-state index is 11.5. The third kappa shape index (κ3) is 3.12. The fourth-order valence-electron chi connectivity index (χ4n) is 1.00. The summed E-state index contributed by atoms with van der Waals surface area (Å²) in [5, 5.41) is 19.7. The number of hydrogen-bond acceptors (Lipinski definition) is 6. The van der Waals surface area contributed by atoms with E-state index in [9.17, 15) is 18.5 Å². The standard InChI is InChI=1S/C8H10N2O6S/c1-2-16-9-17(14,15)6-3-4-8(11)7(5-6)10(12)13/h3-5,9,11H,2H2,1H3.